The van der Waals surface area contributed by atoms with Crippen LogP contribution in [0.25, 0.3) is 0 Å². The molecule has 0 radical (unpaired) electrons. The van der Waals surface area contributed by atoms with E-state index in [0.29, 0.717) is 12.4 Å². The van der Waals surface area contributed by atoms with E-state index in [1.54, 1.807) is 0 Å². The standard InChI is InChI=1S/C9H17N3O3S/c1-9(2,3)10-5-8-11-7(12-15-8)6-16(4,13)14/h10H,5-6H2,1-4H3. The molecule has 1 rings (SSSR count). The number of nitrogens with one attached hydrogen (secondary N) is 1. The normalized spacial score (nSPS) is 13.0. The van der Waals surface area contributed by atoms with Gasteiger partial charge in [-0.2, -0.15) is 4.98 Å². The highest BCUT2D eigenvalue weighted by Crippen LogP contribution is 2.04. The highest BCUT2D eigenvalue weighted by Gasteiger charge is 2.14. The third kappa shape index (κ3) is 5.22. The van der Waals surface area contributed by atoms with Gasteiger partial charge in [0.25, 0.3) is 0 Å². The second-order valence-corrected chi connectivity index (χ2v) is 6.92. The Bertz CT molecular complexity index is 445. The molecule has 6 nitrogen and oxygen atoms in total. The molecule has 0 spiro atoms. The van der Waals surface area contributed by atoms with E-state index < -0.39 is 9.84 Å². The Morgan fingerprint density at radius 3 is 2.50 bits per heavy atom. The molecule has 0 aromatic carbocycles. The van der Waals surface area contributed by atoms with Gasteiger partial charge in [-0.25, -0.2) is 8.42 Å². The van der Waals surface area contributed by atoms with Crippen LogP contribution in [0.4, 0.5) is 0 Å². The number of sulfone groups is 1. The molecule has 16 heavy (non-hydrogen) atoms. The van der Waals surface area contributed by atoms with Crippen molar-refractivity contribution in [3.8, 4) is 0 Å². The summed E-state index contributed by atoms with van der Waals surface area (Å²) in [6, 6.07) is 0. The van der Waals surface area contributed by atoms with Crippen LogP contribution in [0.5, 0.6) is 0 Å². The average Bonchev–Trinajstić information content (AvgIpc) is 2.44. The summed E-state index contributed by atoms with van der Waals surface area (Å²) in [7, 11) is -3.11. The molecule has 1 aromatic rings. The lowest BCUT2D eigenvalue weighted by Crippen LogP contribution is -2.35. The molecule has 1 heterocycles. The van der Waals surface area contributed by atoms with Crippen molar-refractivity contribution >= 4 is 9.84 Å². The maximum Gasteiger partial charge on any atom is 0.240 e. The summed E-state index contributed by atoms with van der Waals surface area (Å²) in [4.78, 5) is 3.98. The molecule has 0 fully saturated rings. The summed E-state index contributed by atoms with van der Waals surface area (Å²) >= 11 is 0. The summed E-state index contributed by atoms with van der Waals surface area (Å²) in [5, 5.41) is 6.77. The zero-order chi connectivity index (χ0) is 12.4. The van der Waals surface area contributed by atoms with Crippen LogP contribution in [0.15, 0.2) is 4.52 Å². The zero-order valence-corrected chi connectivity index (χ0v) is 10.8. The maximum atomic E-state index is 11.0. The molecule has 0 aliphatic carbocycles. The van der Waals surface area contributed by atoms with Gasteiger partial charge in [0, 0.05) is 11.8 Å². The Kier molecular flexibility index (Phi) is 3.69. The molecule has 0 unspecified atom stereocenters. The average molecular weight is 247 g/mol. The van der Waals surface area contributed by atoms with Gasteiger partial charge in [-0.1, -0.05) is 5.16 Å². The minimum Gasteiger partial charge on any atom is -0.338 e. The fourth-order valence-electron chi connectivity index (χ4n) is 0.996. The summed E-state index contributed by atoms with van der Waals surface area (Å²) in [6.07, 6.45) is 1.14. The van der Waals surface area contributed by atoms with Crippen LogP contribution in [0.2, 0.25) is 0 Å². The van der Waals surface area contributed by atoms with E-state index >= 15 is 0 Å². The summed E-state index contributed by atoms with van der Waals surface area (Å²) < 4.78 is 26.9. The lowest BCUT2D eigenvalue weighted by Gasteiger charge is -2.18. The zero-order valence-electron chi connectivity index (χ0n) is 9.94. The molecule has 1 N–H and O–H groups in total. The summed E-state index contributed by atoms with van der Waals surface area (Å²) in [5.74, 6) is 0.410. The molecular formula is C9H17N3O3S. The minimum atomic E-state index is -3.11. The molecule has 1 aromatic heterocycles. The highest BCUT2D eigenvalue weighted by atomic mass is 32.2. The van der Waals surface area contributed by atoms with Crippen LogP contribution in [0.1, 0.15) is 32.5 Å². The Labute approximate surface area is 95.3 Å². The van der Waals surface area contributed by atoms with E-state index in [4.69, 9.17) is 4.52 Å². The molecule has 7 heteroatoms. The molecular weight excluding hydrogens is 230 g/mol. The van der Waals surface area contributed by atoms with Crippen molar-refractivity contribution in [2.75, 3.05) is 6.26 Å². The van der Waals surface area contributed by atoms with Crippen LogP contribution in [0, 0.1) is 0 Å². The van der Waals surface area contributed by atoms with Crippen molar-refractivity contribution in [2.45, 2.75) is 38.6 Å². The number of rotatable bonds is 4. The summed E-state index contributed by atoms with van der Waals surface area (Å²) in [5.41, 5.74) is -0.0501. The van der Waals surface area contributed by atoms with Gasteiger partial charge in [-0.05, 0) is 20.8 Å². The third-order valence-corrected chi connectivity index (χ3v) is 2.45. The molecule has 0 atom stereocenters. The van der Waals surface area contributed by atoms with Gasteiger partial charge in [0.1, 0.15) is 5.75 Å². The second-order valence-electron chi connectivity index (χ2n) is 4.78. The third-order valence-electron chi connectivity index (χ3n) is 1.67. The van der Waals surface area contributed by atoms with Crippen molar-refractivity contribution < 1.29 is 12.9 Å². The molecule has 0 saturated heterocycles. The van der Waals surface area contributed by atoms with E-state index in [9.17, 15) is 8.42 Å². The van der Waals surface area contributed by atoms with E-state index in [1.165, 1.54) is 0 Å². The predicted octanol–water partition coefficient (Wildman–Crippen LogP) is 0.502. The lowest BCUT2D eigenvalue weighted by molar-refractivity contribution is 0.334. The van der Waals surface area contributed by atoms with Crippen LogP contribution < -0.4 is 5.32 Å². The first-order valence-electron chi connectivity index (χ1n) is 4.90. The van der Waals surface area contributed by atoms with Gasteiger partial charge >= 0.3 is 0 Å². The Morgan fingerprint density at radius 2 is 2.00 bits per heavy atom. The lowest BCUT2D eigenvalue weighted by atomic mass is 10.1. The van der Waals surface area contributed by atoms with Crippen LogP contribution in [0.3, 0.4) is 0 Å². The van der Waals surface area contributed by atoms with Crippen molar-refractivity contribution in [2.24, 2.45) is 0 Å². The first-order valence-corrected chi connectivity index (χ1v) is 6.96. The predicted molar refractivity (Wildman–Crippen MR) is 59.4 cm³/mol. The van der Waals surface area contributed by atoms with Crippen molar-refractivity contribution in [1.29, 1.82) is 0 Å². The SMILES string of the molecule is CC(C)(C)NCc1nc(CS(C)(=O)=O)no1. The first kappa shape index (κ1) is 13.1. The topological polar surface area (TPSA) is 85.1 Å². The molecule has 0 aliphatic rings. The smallest absolute Gasteiger partial charge is 0.240 e. The largest absolute Gasteiger partial charge is 0.338 e. The number of hydrogen-bond donors (Lipinski definition) is 1. The first-order chi connectivity index (χ1) is 7.16. The molecule has 0 bridgehead atoms. The van der Waals surface area contributed by atoms with Gasteiger partial charge in [0.15, 0.2) is 15.7 Å². The van der Waals surface area contributed by atoms with E-state index in [0.717, 1.165) is 6.26 Å². The maximum absolute atomic E-state index is 11.0. The van der Waals surface area contributed by atoms with Crippen molar-refractivity contribution in [1.82, 2.24) is 15.5 Å². The van der Waals surface area contributed by atoms with E-state index in [-0.39, 0.29) is 17.1 Å². The fraction of sp³-hybridized carbons (Fsp3) is 0.778. The molecule has 0 saturated carbocycles. The van der Waals surface area contributed by atoms with E-state index in [1.807, 2.05) is 20.8 Å². The van der Waals surface area contributed by atoms with Crippen LogP contribution in [-0.2, 0) is 22.1 Å². The number of nitrogens with zero attached hydrogens (tertiary/aromatic N) is 2. The van der Waals surface area contributed by atoms with Gasteiger partial charge in [-0.15, -0.1) is 0 Å². The monoisotopic (exact) mass is 247 g/mol. The van der Waals surface area contributed by atoms with Gasteiger partial charge in [0.2, 0.25) is 5.89 Å². The summed E-state index contributed by atoms with van der Waals surface area (Å²) in [6.45, 7) is 6.47. The minimum absolute atomic E-state index is 0.0501. The Balaban J connectivity index is 2.59. The van der Waals surface area contributed by atoms with Crippen molar-refractivity contribution in [3.63, 3.8) is 0 Å². The molecule has 92 valence electrons. The Hall–Kier alpha value is -0.950. The quantitative estimate of drug-likeness (QED) is 0.834. The van der Waals surface area contributed by atoms with Crippen LogP contribution in [-0.4, -0.2) is 30.4 Å². The highest BCUT2D eigenvalue weighted by molar-refractivity contribution is 7.89. The molecule has 0 aliphatic heterocycles. The van der Waals surface area contributed by atoms with Crippen LogP contribution >= 0.6 is 0 Å². The van der Waals surface area contributed by atoms with Crippen molar-refractivity contribution in [3.05, 3.63) is 11.7 Å². The number of aromatic nitrogens is 2. The van der Waals surface area contributed by atoms with Gasteiger partial charge < -0.3 is 9.84 Å². The second kappa shape index (κ2) is 4.50. The van der Waals surface area contributed by atoms with Gasteiger partial charge in [0.05, 0.1) is 6.54 Å². The Morgan fingerprint density at radius 1 is 1.38 bits per heavy atom. The molecule has 0 amide bonds. The van der Waals surface area contributed by atoms with Gasteiger partial charge in [-0.3, -0.25) is 0 Å². The fourth-order valence-corrected chi connectivity index (χ4v) is 1.58. The van der Waals surface area contributed by atoms with E-state index in [2.05, 4.69) is 15.5 Å². The number of hydrogen-bond acceptors (Lipinski definition) is 6.